The summed E-state index contributed by atoms with van der Waals surface area (Å²) < 4.78 is 5.35. The summed E-state index contributed by atoms with van der Waals surface area (Å²) >= 11 is 3.23. The number of aromatic nitrogens is 1. The number of amides is 1. The van der Waals surface area contributed by atoms with Crippen LogP contribution in [0.5, 0.6) is 5.75 Å². The molecule has 1 aliphatic carbocycles. The number of carbonyl (C=O) groups excluding carboxylic acids is 1. The number of anilines is 1. The minimum absolute atomic E-state index is 0.168. The Hall–Kier alpha value is -1.53. The van der Waals surface area contributed by atoms with E-state index in [0.717, 1.165) is 23.4 Å². The van der Waals surface area contributed by atoms with Crippen molar-refractivity contribution in [3.05, 3.63) is 34.3 Å². The molecule has 0 unspecified atom stereocenters. The Morgan fingerprint density at radius 3 is 2.91 bits per heavy atom. The Kier molecular flexibility index (Phi) is 5.23. The number of hydrogen-bond donors (Lipinski definition) is 1. The number of fused-ring (bicyclic) bond motifs is 1. The number of thiazole rings is 1. The quantitative estimate of drug-likeness (QED) is 0.657. The Bertz CT molecular complexity index is 689. The average molecular weight is 348 g/mol. The molecule has 1 amide bonds. The van der Waals surface area contributed by atoms with Crippen molar-refractivity contribution in [2.45, 2.75) is 37.0 Å². The Balaban J connectivity index is 1.79. The molecular formula is C17H20N2O2S2. The van der Waals surface area contributed by atoms with Gasteiger partial charge < -0.3 is 4.74 Å². The molecule has 0 radical (unpaired) electrons. The van der Waals surface area contributed by atoms with Crippen LogP contribution in [0.15, 0.2) is 23.1 Å². The zero-order chi connectivity index (χ0) is 16.2. The largest absolute Gasteiger partial charge is 0.496 e. The highest BCUT2D eigenvalue weighted by molar-refractivity contribution is 7.98. The van der Waals surface area contributed by atoms with Gasteiger partial charge in [-0.3, -0.25) is 10.1 Å². The van der Waals surface area contributed by atoms with Crippen LogP contribution in [-0.4, -0.2) is 24.3 Å². The second-order valence-electron chi connectivity index (χ2n) is 5.47. The van der Waals surface area contributed by atoms with Crippen molar-refractivity contribution in [1.29, 1.82) is 0 Å². The third-order valence-electron chi connectivity index (χ3n) is 3.97. The van der Waals surface area contributed by atoms with Gasteiger partial charge in [-0.2, -0.15) is 0 Å². The first kappa shape index (κ1) is 16.3. The lowest BCUT2D eigenvalue weighted by Crippen LogP contribution is -2.13. The van der Waals surface area contributed by atoms with E-state index in [-0.39, 0.29) is 5.91 Å². The molecule has 0 bridgehead atoms. The zero-order valence-electron chi connectivity index (χ0n) is 13.3. The molecule has 0 aliphatic heterocycles. The van der Waals surface area contributed by atoms with Crippen LogP contribution in [0.25, 0.3) is 0 Å². The topological polar surface area (TPSA) is 51.2 Å². The Morgan fingerprint density at radius 1 is 1.30 bits per heavy atom. The van der Waals surface area contributed by atoms with Crippen LogP contribution in [-0.2, 0) is 12.8 Å². The van der Waals surface area contributed by atoms with Crippen LogP contribution >= 0.6 is 23.1 Å². The summed E-state index contributed by atoms with van der Waals surface area (Å²) in [4.78, 5) is 19.5. The molecule has 4 nitrogen and oxygen atoms in total. The van der Waals surface area contributed by atoms with Crippen molar-refractivity contribution in [2.75, 3.05) is 18.7 Å². The molecule has 3 rings (SSSR count). The molecule has 0 saturated carbocycles. The van der Waals surface area contributed by atoms with E-state index < -0.39 is 0 Å². The number of ether oxygens (including phenoxy) is 1. The molecule has 0 fully saturated rings. The van der Waals surface area contributed by atoms with Crippen molar-refractivity contribution in [2.24, 2.45) is 0 Å². The molecular weight excluding hydrogens is 328 g/mol. The van der Waals surface area contributed by atoms with Crippen LogP contribution in [0.4, 0.5) is 5.13 Å². The molecule has 1 N–H and O–H groups in total. The van der Waals surface area contributed by atoms with Crippen molar-refractivity contribution >= 4 is 34.1 Å². The fourth-order valence-corrected chi connectivity index (χ4v) is 4.21. The van der Waals surface area contributed by atoms with Crippen LogP contribution in [0.2, 0.25) is 0 Å². The third kappa shape index (κ3) is 3.70. The number of aryl methyl sites for hydroxylation is 2. The molecule has 1 aliphatic rings. The van der Waals surface area contributed by atoms with Gasteiger partial charge in [0, 0.05) is 9.77 Å². The molecule has 1 heterocycles. The summed E-state index contributed by atoms with van der Waals surface area (Å²) in [5.41, 5.74) is 1.70. The summed E-state index contributed by atoms with van der Waals surface area (Å²) in [6.45, 7) is 0. The molecule has 0 spiro atoms. The SMILES string of the molecule is COc1cc(SC)ccc1C(=O)Nc1nc2c(s1)CCCCC2. The normalized spacial score (nSPS) is 14.0. The lowest BCUT2D eigenvalue weighted by atomic mass is 10.2. The molecule has 122 valence electrons. The van der Waals surface area contributed by atoms with E-state index in [1.165, 1.54) is 24.1 Å². The van der Waals surface area contributed by atoms with Gasteiger partial charge in [-0.25, -0.2) is 4.98 Å². The number of rotatable bonds is 4. The smallest absolute Gasteiger partial charge is 0.261 e. The lowest BCUT2D eigenvalue weighted by Gasteiger charge is -2.09. The van der Waals surface area contributed by atoms with Gasteiger partial charge in [0.15, 0.2) is 5.13 Å². The third-order valence-corrected chi connectivity index (χ3v) is 5.77. The molecule has 1 aromatic heterocycles. The maximum atomic E-state index is 12.5. The minimum atomic E-state index is -0.168. The van der Waals surface area contributed by atoms with E-state index >= 15 is 0 Å². The van der Waals surface area contributed by atoms with Crippen molar-refractivity contribution in [3.8, 4) is 5.75 Å². The first-order valence-electron chi connectivity index (χ1n) is 7.73. The molecule has 1 aromatic carbocycles. The Morgan fingerprint density at radius 2 is 2.13 bits per heavy atom. The van der Waals surface area contributed by atoms with Gasteiger partial charge in [-0.15, -0.1) is 23.1 Å². The zero-order valence-corrected chi connectivity index (χ0v) is 15.0. The van der Waals surface area contributed by atoms with E-state index in [4.69, 9.17) is 4.74 Å². The highest BCUT2D eigenvalue weighted by Crippen LogP contribution is 2.30. The first-order valence-corrected chi connectivity index (χ1v) is 9.77. The van der Waals surface area contributed by atoms with Crippen molar-refractivity contribution in [3.63, 3.8) is 0 Å². The molecule has 2 aromatic rings. The Labute approximate surface area is 144 Å². The fraction of sp³-hybridized carbons (Fsp3) is 0.412. The number of carbonyl (C=O) groups is 1. The highest BCUT2D eigenvalue weighted by Gasteiger charge is 2.18. The van der Waals surface area contributed by atoms with Crippen molar-refractivity contribution < 1.29 is 9.53 Å². The van der Waals surface area contributed by atoms with Gasteiger partial charge in [0.2, 0.25) is 0 Å². The number of benzene rings is 1. The number of hydrogen-bond acceptors (Lipinski definition) is 5. The molecule has 0 atom stereocenters. The summed E-state index contributed by atoms with van der Waals surface area (Å²) in [7, 11) is 1.59. The van der Waals surface area contributed by atoms with E-state index in [9.17, 15) is 4.79 Å². The lowest BCUT2D eigenvalue weighted by molar-refractivity contribution is 0.102. The van der Waals surface area contributed by atoms with E-state index in [0.29, 0.717) is 16.4 Å². The van der Waals surface area contributed by atoms with Gasteiger partial charge >= 0.3 is 0 Å². The van der Waals surface area contributed by atoms with Crippen LogP contribution in [0, 0.1) is 0 Å². The predicted molar refractivity (Wildman–Crippen MR) is 96.1 cm³/mol. The first-order chi connectivity index (χ1) is 11.2. The average Bonchev–Trinajstić information content (AvgIpc) is 2.82. The summed E-state index contributed by atoms with van der Waals surface area (Å²) in [5.74, 6) is 0.422. The van der Waals surface area contributed by atoms with E-state index in [1.807, 2.05) is 18.4 Å². The summed E-state index contributed by atoms with van der Waals surface area (Å²) in [6.07, 6.45) is 7.77. The maximum Gasteiger partial charge on any atom is 0.261 e. The number of nitrogens with one attached hydrogen (secondary N) is 1. The van der Waals surface area contributed by atoms with Crippen LogP contribution < -0.4 is 10.1 Å². The van der Waals surface area contributed by atoms with Gasteiger partial charge in [0.1, 0.15) is 5.75 Å². The van der Waals surface area contributed by atoms with E-state index in [2.05, 4.69) is 10.3 Å². The second kappa shape index (κ2) is 7.36. The standard InChI is InChI=1S/C17H20N2O2S2/c1-21-14-10-11(22-2)8-9-12(14)16(20)19-17-18-13-6-4-3-5-7-15(13)23-17/h8-10H,3-7H2,1-2H3,(H,18,19,20). The van der Waals surface area contributed by atoms with Gasteiger partial charge in [0.25, 0.3) is 5.91 Å². The highest BCUT2D eigenvalue weighted by atomic mass is 32.2. The summed E-state index contributed by atoms with van der Waals surface area (Å²) in [5, 5.41) is 3.62. The van der Waals surface area contributed by atoms with Crippen molar-refractivity contribution in [1.82, 2.24) is 4.98 Å². The van der Waals surface area contributed by atoms with Gasteiger partial charge in [-0.05, 0) is 50.1 Å². The van der Waals surface area contributed by atoms with Gasteiger partial charge in [-0.1, -0.05) is 6.42 Å². The van der Waals surface area contributed by atoms with E-state index in [1.54, 1.807) is 36.3 Å². The molecule has 0 saturated heterocycles. The van der Waals surface area contributed by atoms with Crippen LogP contribution in [0.3, 0.4) is 0 Å². The fourth-order valence-electron chi connectivity index (χ4n) is 2.73. The maximum absolute atomic E-state index is 12.5. The van der Waals surface area contributed by atoms with Gasteiger partial charge in [0.05, 0.1) is 18.4 Å². The molecule has 6 heteroatoms. The number of nitrogens with zero attached hydrogens (tertiary/aromatic N) is 1. The monoisotopic (exact) mass is 348 g/mol. The number of methoxy groups -OCH3 is 1. The summed E-state index contributed by atoms with van der Waals surface area (Å²) in [6, 6.07) is 5.62. The minimum Gasteiger partial charge on any atom is -0.496 e. The molecule has 23 heavy (non-hydrogen) atoms. The predicted octanol–water partition coefficient (Wildman–Crippen LogP) is 4.39. The second-order valence-corrected chi connectivity index (χ2v) is 7.43. The number of thioether (sulfide) groups is 1. The van der Waals surface area contributed by atoms with Crippen LogP contribution in [0.1, 0.15) is 40.2 Å².